The molecule has 0 aromatic rings. The van der Waals surface area contributed by atoms with Crippen molar-refractivity contribution >= 4 is 0 Å². The Kier molecular flexibility index (Phi) is 2.35. The van der Waals surface area contributed by atoms with Crippen LogP contribution in [0.3, 0.4) is 0 Å². The average Bonchev–Trinajstić information content (AvgIpc) is 2.58. The van der Waals surface area contributed by atoms with Crippen molar-refractivity contribution in [3.05, 3.63) is 0 Å². The minimum Gasteiger partial charge on any atom is -0.386 e. The first-order valence-corrected chi connectivity index (χ1v) is 4.85. The van der Waals surface area contributed by atoms with Gasteiger partial charge in [0.25, 0.3) is 0 Å². The van der Waals surface area contributed by atoms with E-state index in [9.17, 15) is 5.11 Å². The predicted molar refractivity (Wildman–Crippen MR) is 46.0 cm³/mol. The number of hydrogen-bond acceptors (Lipinski definition) is 3. The van der Waals surface area contributed by atoms with E-state index in [-0.39, 0.29) is 6.04 Å². The first-order valence-electron chi connectivity index (χ1n) is 4.85. The summed E-state index contributed by atoms with van der Waals surface area (Å²) in [5.41, 5.74) is -0.575. The van der Waals surface area contributed by atoms with Crippen molar-refractivity contribution in [3.63, 3.8) is 0 Å². The summed E-state index contributed by atoms with van der Waals surface area (Å²) in [5.74, 6) is 0. The summed E-state index contributed by atoms with van der Waals surface area (Å²) in [6.07, 6.45) is 4.17. The lowest BCUT2D eigenvalue weighted by atomic mass is 9.87. The molecule has 2 heterocycles. The summed E-state index contributed by atoms with van der Waals surface area (Å²) in [4.78, 5) is 0. The molecule has 0 aromatic heterocycles. The second-order valence-corrected chi connectivity index (χ2v) is 3.91. The fraction of sp³-hybridized carbons (Fsp3) is 1.00. The van der Waals surface area contributed by atoms with Gasteiger partial charge in [-0.15, -0.1) is 0 Å². The van der Waals surface area contributed by atoms with Crippen LogP contribution in [0.4, 0.5) is 0 Å². The van der Waals surface area contributed by atoms with Gasteiger partial charge in [0, 0.05) is 12.6 Å². The molecular formula is C9H17NO2. The third kappa shape index (κ3) is 1.49. The number of rotatable bonds is 1. The predicted octanol–water partition coefficient (Wildman–Crippen LogP) is 0.280. The Hall–Kier alpha value is -0.120. The Morgan fingerprint density at radius 2 is 2.33 bits per heavy atom. The zero-order chi connectivity index (χ0) is 8.44. The van der Waals surface area contributed by atoms with Crippen molar-refractivity contribution in [2.45, 2.75) is 37.3 Å². The normalized spacial score (nSPS) is 43.2. The molecule has 2 aliphatic heterocycles. The maximum absolute atomic E-state index is 10.2. The van der Waals surface area contributed by atoms with E-state index in [4.69, 9.17) is 4.74 Å². The quantitative estimate of drug-likeness (QED) is 0.595. The Morgan fingerprint density at radius 3 is 2.92 bits per heavy atom. The Balaban J connectivity index is 1.97. The maximum atomic E-state index is 10.2. The van der Waals surface area contributed by atoms with Crippen LogP contribution < -0.4 is 5.32 Å². The standard InChI is InChI=1S/C9H17NO2/c11-9(4-2-6-12-7-9)8-3-1-5-10-8/h8,10-11H,1-7H2. The van der Waals surface area contributed by atoms with E-state index in [1.54, 1.807) is 0 Å². The topological polar surface area (TPSA) is 41.5 Å². The third-order valence-electron chi connectivity index (χ3n) is 2.96. The molecule has 2 N–H and O–H groups in total. The molecule has 2 aliphatic rings. The van der Waals surface area contributed by atoms with E-state index >= 15 is 0 Å². The summed E-state index contributed by atoms with van der Waals surface area (Å²) in [5, 5.41) is 13.5. The monoisotopic (exact) mass is 171 g/mol. The molecule has 3 heteroatoms. The van der Waals surface area contributed by atoms with Gasteiger partial charge < -0.3 is 15.2 Å². The molecule has 2 rings (SSSR count). The highest BCUT2D eigenvalue weighted by atomic mass is 16.5. The fourth-order valence-corrected chi connectivity index (χ4v) is 2.22. The van der Waals surface area contributed by atoms with E-state index < -0.39 is 5.60 Å². The van der Waals surface area contributed by atoms with Crippen molar-refractivity contribution in [1.82, 2.24) is 5.32 Å². The summed E-state index contributed by atoms with van der Waals surface area (Å²) >= 11 is 0. The zero-order valence-corrected chi connectivity index (χ0v) is 7.38. The van der Waals surface area contributed by atoms with Crippen LogP contribution in [-0.4, -0.2) is 36.5 Å². The number of aliphatic hydroxyl groups is 1. The number of nitrogens with one attached hydrogen (secondary N) is 1. The molecule has 0 aliphatic carbocycles. The minimum absolute atomic E-state index is 0.276. The molecule has 0 saturated carbocycles. The number of hydrogen-bond donors (Lipinski definition) is 2. The highest BCUT2D eigenvalue weighted by Crippen LogP contribution is 2.27. The Labute approximate surface area is 73.1 Å². The molecule has 2 saturated heterocycles. The second kappa shape index (κ2) is 3.32. The van der Waals surface area contributed by atoms with Crippen molar-refractivity contribution in [2.75, 3.05) is 19.8 Å². The first-order chi connectivity index (χ1) is 5.81. The molecule has 2 atom stereocenters. The van der Waals surface area contributed by atoms with E-state index in [1.165, 1.54) is 6.42 Å². The van der Waals surface area contributed by atoms with Crippen LogP contribution in [0.5, 0.6) is 0 Å². The van der Waals surface area contributed by atoms with Gasteiger partial charge in [-0.3, -0.25) is 0 Å². The lowest BCUT2D eigenvalue weighted by Crippen LogP contribution is -2.53. The molecule has 2 fully saturated rings. The van der Waals surface area contributed by atoms with Gasteiger partial charge in [0.15, 0.2) is 0 Å². The Morgan fingerprint density at radius 1 is 1.42 bits per heavy atom. The molecule has 2 unspecified atom stereocenters. The van der Waals surface area contributed by atoms with Gasteiger partial charge in [0.1, 0.15) is 5.60 Å². The molecule has 12 heavy (non-hydrogen) atoms. The van der Waals surface area contributed by atoms with E-state index in [0.29, 0.717) is 6.61 Å². The summed E-state index contributed by atoms with van der Waals surface area (Å²) in [6.45, 7) is 2.38. The highest BCUT2D eigenvalue weighted by molar-refractivity contribution is 4.95. The molecule has 0 spiro atoms. The van der Waals surface area contributed by atoms with Crippen LogP contribution >= 0.6 is 0 Å². The van der Waals surface area contributed by atoms with Gasteiger partial charge in [0.05, 0.1) is 6.61 Å². The van der Waals surface area contributed by atoms with Crippen molar-refractivity contribution < 1.29 is 9.84 Å². The van der Waals surface area contributed by atoms with Crippen LogP contribution in [0, 0.1) is 0 Å². The van der Waals surface area contributed by atoms with Gasteiger partial charge in [0.2, 0.25) is 0 Å². The molecule has 0 aromatic carbocycles. The second-order valence-electron chi connectivity index (χ2n) is 3.91. The molecule has 0 radical (unpaired) electrons. The zero-order valence-electron chi connectivity index (χ0n) is 7.38. The molecule has 0 amide bonds. The largest absolute Gasteiger partial charge is 0.386 e. The molecule has 3 nitrogen and oxygen atoms in total. The Bertz CT molecular complexity index is 149. The van der Waals surface area contributed by atoms with Crippen molar-refractivity contribution in [2.24, 2.45) is 0 Å². The fourth-order valence-electron chi connectivity index (χ4n) is 2.22. The lowest BCUT2D eigenvalue weighted by Gasteiger charge is -2.37. The van der Waals surface area contributed by atoms with Crippen molar-refractivity contribution in [3.8, 4) is 0 Å². The maximum Gasteiger partial charge on any atom is 0.103 e. The molecular weight excluding hydrogens is 154 g/mol. The van der Waals surface area contributed by atoms with Crippen LogP contribution in [0.1, 0.15) is 25.7 Å². The van der Waals surface area contributed by atoms with Gasteiger partial charge in [-0.2, -0.15) is 0 Å². The number of ether oxygens (including phenoxy) is 1. The van der Waals surface area contributed by atoms with E-state index in [1.807, 2.05) is 0 Å². The van der Waals surface area contributed by atoms with Gasteiger partial charge in [-0.1, -0.05) is 0 Å². The van der Waals surface area contributed by atoms with E-state index in [2.05, 4.69) is 5.32 Å². The smallest absolute Gasteiger partial charge is 0.103 e. The van der Waals surface area contributed by atoms with Gasteiger partial charge >= 0.3 is 0 Å². The van der Waals surface area contributed by atoms with E-state index in [0.717, 1.165) is 32.4 Å². The summed E-state index contributed by atoms with van der Waals surface area (Å²) in [7, 11) is 0. The van der Waals surface area contributed by atoms with Crippen LogP contribution in [0.25, 0.3) is 0 Å². The summed E-state index contributed by atoms with van der Waals surface area (Å²) < 4.78 is 5.31. The van der Waals surface area contributed by atoms with Crippen LogP contribution in [-0.2, 0) is 4.74 Å². The first kappa shape index (κ1) is 8.48. The van der Waals surface area contributed by atoms with Crippen LogP contribution in [0.2, 0.25) is 0 Å². The van der Waals surface area contributed by atoms with Crippen LogP contribution in [0.15, 0.2) is 0 Å². The lowest BCUT2D eigenvalue weighted by molar-refractivity contribution is -0.103. The molecule has 70 valence electrons. The minimum atomic E-state index is -0.575. The molecule has 0 bridgehead atoms. The average molecular weight is 171 g/mol. The van der Waals surface area contributed by atoms with Gasteiger partial charge in [-0.05, 0) is 32.2 Å². The summed E-state index contributed by atoms with van der Waals surface area (Å²) in [6, 6.07) is 0.276. The third-order valence-corrected chi connectivity index (χ3v) is 2.96. The van der Waals surface area contributed by atoms with Crippen molar-refractivity contribution in [1.29, 1.82) is 0 Å². The van der Waals surface area contributed by atoms with Gasteiger partial charge in [-0.25, -0.2) is 0 Å². The highest BCUT2D eigenvalue weighted by Gasteiger charge is 2.39. The SMILES string of the molecule is OC1(C2CCCN2)CCCOC1.